The number of fused-ring (bicyclic) bond motifs is 3. The first kappa shape index (κ1) is 25.7. The van der Waals surface area contributed by atoms with E-state index in [4.69, 9.17) is 9.47 Å². The van der Waals surface area contributed by atoms with E-state index in [0.29, 0.717) is 39.2 Å². The zero-order chi connectivity index (χ0) is 26.9. The van der Waals surface area contributed by atoms with Crippen LogP contribution in [0.15, 0.2) is 83.0 Å². The molecule has 194 valence electrons. The van der Waals surface area contributed by atoms with Crippen molar-refractivity contribution in [2.75, 3.05) is 24.3 Å². The molecule has 0 radical (unpaired) electrons. The van der Waals surface area contributed by atoms with Gasteiger partial charge in [0.2, 0.25) is 0 Å². The summed E-state index contributed by atoms with van der Waals surface area (Å²) in [6, 6.07) is 20.1. The number of carbonyl (C=O) groups is 1. The van der Waals surface area contributed by atoms with Crippen LogP contribution >= 0.6 is 11.8 Å². The third-order valence-corrected chi connectivity index (χ3v) is 8.80. The number of benzene rings is 3. The summed E-state index contributed by atoms with van der Waals surface area (Å²) in [5.74, 6) is 0.832. The quantitative estimate of drug-likeness (QED) is 0.170. The van der Waals surface area contributed by atoms with Crippen molar-refractivity contribution >= 4 is 33.3 Å². The molecule has 1 aliphatic rings. The monoisotopic (exact) mass is 547 g/mol. The molecule has 2 heterocycles. The van der Waals surface area contributed by atoms with E-state index in [0.717, 1.165) is 22.9 Å². The average molecular weight is 548 g/mol. The largest absolute Gasteiger partial charge is 0.497 e. The highest BCUT2D eigenvalue weighted by Crippen LogP contribution is 2.43. The van der Waals surface area contributed by atoms with Gasteiger partial charge in [0.1, 0.15) is 16.4 Å². The SMILES string of the molecule is COc1ccc(OC)c(C(=O)CSc2ncc3c(n2)-c2ccccc2N(Cc2cccc(C)c2)S3(=O)=O)c1. The Labute approximate surface area is 225 Å². The molecule has 0 saturated heterocycles. The zero-order valence-corrected chi connectivity index (χ0v) is 22.7. The van der Waals surface area contributed by atoms with Crippen LogP contribution in [0.1, 0.15) is 21.5 Å². The van der Waals surface area contributed by atoms with Gasteiger partial charge >= 0.3 is 0 Å². The van der Waals surface area contributed by atoms with Crippen molar-refractivity contribution in [3.05, 3.63) is 89.6 Å². The van der Waals surface area contributed by atoms with Crippen LogP contribution in [0, 0.1) is 6.92 Å². The van der Waals surface area contributed by atoms with Crippen molar-refractivity contribution in [1.29, 1.82) is 0 Å². The lowest BCUT2D eigenvalue weighted by Gasteiger charge is -2.31. The Hall–Kier alpha value is -3.89. The average Bonchev–Trinajstić information content (AvgIpc) is 2.93. The molecule has 0 N–H and O–H groups in total. The fourth-order valence-corrected chi connectivity index (χ4v) is 6.59. The molecule has 10 heteroatoms. The molecule has 0 bridgehead atoms. The smallest absolute Gasteiger partial charge is 0.268 e. The fourth-order valence-electron chi connectivity index (χ4n) is 4.33. The number of methoxy groups -OCH3 is 2. The number of thioether (sulfide) groups is 1. The van der Waals surface area contributed by atoms with Crippen LogP contribution in [0.25, 0.3) is 11.3 Å². The lowest BCUT2D eigenvalue weighted by molar-refractivity contribution is 0.101. The van der Waals surface area contributed by atoms with Gasteiger partial charge in [-0.15, -0.1) is 0 Å². The van der Waals surface area contributed by atoms with Crippen molar-refractivity contribution < 1.29 is 22.7 Å². The summed E-state index contributed by atoms with van der Waals surface area (Å²) >= 11 is 1.13. The van der Waals surface area contributed by atoms with Gasteiger partial charge in [-0.1, -0.05) is 59.8 Å². The first-order chi connectivity index (χ1) is 18.3. The molecule has 38 heavy (non-hydrogen) atoms. The van der Waals surface area contributed by atoms with Crippen molar-refractivity contribution in [2.24, 2.45) is 0 Å². The van der Waals surface area contributed by atoms with Gasteiger partial charge in [0.25, 0.3) is 10.0 Å². The highest BCUT2D eigenvalue weighted by atomic mass is 32.2. The minimum absolute atomic E-state index is 0.0361. The molecule has 5 rings (SSSR count). The molecule has 0 atom stereocenters. The number of aromatic nitrogens is 2. The molecular weight excluding hydrogens is 522 g/mol. The van der Waals surface area contributed by atoms with Crippen LogP contribution in [-0.4, -0.2) is 44.1 Å². The Kier molecular flexibility index (Phi) is 7.09. The molecule has 8 nitrogen and oxygen atoms in total. The van der Waals surface area contributed by atoms with E-state index in [1.807, 2.05) is 43.3 Å². The first-order valence-corrected chi connectivity index (χ1v) is 14.2. The zero-order valence-electron chi connectivity index (χ0n) is 21.0. The number of carbonyl (C=O) groups excluding carboxylic acids is 1. The molecule has 0 saturated carbocycles. The van der Waals surface area contributed by atoms with Crippen LogP contribution in [0.5, 0.6) is 11.5 Å². The topological polar surface area (TPSA) is 98.7 Å². The predicted molar refractivity (Wildman–Crippen MR) is 147 cm³/mol. The molecule has 1 aromatic heterocycles. The Balaban J connectivity index is 1.45. The number of hydrogen-bond donors (Lipinski definition) is 0. The van der Waals surface area contributed by atoms with E-state index in [1.54, 1.807) is 30.3 Å². The van der Waals surface area contributed by atoms with Gasteiger partial charge in [-0.25, -0.2) is 18.4 Å². The van der Waals surface area contributed by atoms with Crippen molar-refractivity contribution in [2.45, 2.75) is 23.5 Å². The van der Waals surface area contributed by atoms with Gasteiger partial charge in [-0.3, -0.25) is 9.10 Å². The number of anilines is 1. The number of ketones is 1. The maximum Gasteiger partial charge on any atom is 0.268 e. The maximum atomic E-state index is 13.7. The number of aryl methyl sites for hydroxylation is 1. The highest BCUT2D eigenvalue weighted by Gasteiger charge is 2.36. The highest BCUT2D eigenvalue weighted by molar-refractivity contribution is 7.99. The Morgan fingerprint density at radius 3 is 2.58 bits per heavy atom. The van der Waals surface area contributed by atoms with E-state index in [2.05, 4.69) is 9.97 Å². The first-order valence-electron chi connectivity index (χ1n) is 11.7. The van der Waals surface area contributed by atoms with E-state index < -0.39 is 10.0 Å². The number of nitrogens with zero attached hydrogens (tertiary/aromatic N) is 3. The molecule has 4 aromatic rings. The van der Waals surface area contributed by atoms with Gasteiger partial charge < -0.3 is 9.47 Å². The van der Waals surface area contributed by atoms with Gasteiger partial charge in [-0.2, -0.15) is 0 Å². The van der Waals surface area contributed by atoms with Gasteiger partial charge in [0, 0.05) is 5.56 Å². The second-order valence-electron chi connectivity index (χ2n) is 8.66. The number of Topliss-reactive ketones (excluding diaryl/α,β-unsaturated/α-hetero) is 1. The lowest BCUT2D eigenvalue weighted by Crippen LogP contribution is -2.34. The Morgan fingerprint density at radius 1 is 1.00 bits per heavy atom. The third-order valence-electron chi connectivity index (χ3n) is 6.18. The van der Waals surface area contributed by atoms with Crippen LogP contribution < -0.4 is 13.8 Å². The number of rotatable bonds is 8. The summed E-state index contributed by atoms with van der Waals surface area (Å²) in [6.45, 7) is 2.16. The summed E-state index contributed by atoms with van der Waals surface area (Å²) < 4.78 is 39.4. The van der Waals surface area contributed by atoms with E-state index in [-0.39, 0.29) is 23.0 Å². The number of hydrogen-bond acceptors (Lipinski definition) is 8. The van der Waals surface area contributed by atoms with Crippen molar-refractivity contribution in [3.63, 3.8) is 0 Å². The van der Waals surface area contributed by atoms with Gasteiger partial charge in [0.15, 0.2) is 10.9 Å². The summed E-state index contributed by atoms with van der Waals surface area (Å²) in [5, 5.41) is 0.302. The third kappa shape index (κ3) is 4.84. The maximum absolute atomic E-state index is 13.7. The minimum atomic E-state index is -3.91. The van der Waals surface area contributed by atoms with Crippen LogP contribution in [0.3, 0.4) is 0 Å². The summed E-state index contributed by atoms with van der Waals surface area (Å²) in [6.07, 6.45) is 1.33. The fraction of sp³-hybridized carbons (Fsp3) is 0.179. The summed E-state index contributed by atoms with van der Waals surface area (Å²) in [4.78, 5) is 21.9. The molecule has 0 unspecified atom stereocenters. The molecular formula is C28H25N3O5S2. The number of ether oxygens (including phenoxy) is 2. The van der Waals surface area contributed by atoms with Crippen molar-refractivity contribution in [1.82, 2.24) is 9.97 Å². The van der Waals surface area contributed by atoms with Crippen LogP contribution in [-0.2, 0) is 16.6 Å². The normalized spacial score (nSPS) is 13.4. The standard InChI is InChI=1S/C28H25N3O5S2/c1-18-7-6-8-19(13-18)16-31-23-10-5-4-9-21(23)27-26(38(31,33)34)15-29-28(30-27)37-17-24(32)22-14-20(35-2)11-12-25(22)36-3/h4-15H,16-17H2,1-3H3. The molecule has 1 aliphatic heterocycles. The molecule has 0 amide bonds. The number of para-hydroxylation sites is 1. The van der Waals surface area contributed by atoms with Crippen LogP contribution in [0.4, 0.5) is 5.69 Å². The Morgan fingerprint density at radius 2 is 1.82 bits per heavy atom. The minimum Gasteiger partial charge on any atom is -0.497 e. The van der Waals surface area contributed by atoms with Gasteiger partial charge in [-0.05, 0) is 36.8 Å². The second-order valence-corrected chi connectivity index (χ2v) is 11.4. The lowest BCUT2D eigenvalue weighted by atomic mass is 10.1. The number of sulfonamides is 1. The molecule has 0 fully saturated rings. The molecule has 0 aliphatic carbocycles. The van der Waals surface area contributed by atoms with E-state index >= 15 is 0 Å². The Bertz CT molecular complexity index is 1640. The predicted octanol–water partition coefficient (Wildman–Crippen LogP) is 5.15. The van der Waals surface area contributed by atoms with Crippen molar-refractivity contribution in [3.8, 4) is 22.8 Å². The van der Waals surface area contributed by atoms with Crippen LogP contribution in [0.2, 0.25) is 0 Å². The van der Waals surface area contributed by atoms with E-state index in [1.165, 1.54) is 24.7 Å². The second kappa shape index (κ2) is 10.5. The summed E-state index contributed by atoms with van der Waals surface area (Å²) in [7, 11) is -0.887. The molecule has 3 aromatic carbocycles. The van der Waals surface area contributed by atoms with Gasteiger partial charge in [0.05, 0.1) is 49.7 Å². The summed E-state index contributed by atoms with van der Waals surface area (Å²) in [5.41, 5.74) is 3.88. The van der Waals surface area contributed by atoms with E-state index in [9.17, 15) is 13.2 Å². The molecule has 0 spiro atoms.